The van der Waals surface area contributed by atoms with Crippen LogP contribution in [0.15, 0.2) is 34.8 Å². The van der Waals surface area contributed by atoms with Gasteiger partial charge in [-0.15, -0.1) is 21.5 Å². The second-order valence-corrected chi connectivity index (χ2v) is 9.39. The molecule has 3 aromatic rings. The molecule has 31 heavy (non-hydrogen) atoms. The third kappa shape index (κ3) is 5.92. The van der Waals surface area contributed by atoms with Crippen LogP contribution in [0.4, 0.5) is 5.13 Å². The van der Waals surface area contributed by atoms with E-state index < -0.39 is 0 Å². The molecule has 10 heteroatoms. The molecule has 2 amide bonds. The number of rotatable bonds is 8. The number of aromatic nitrogens is 4. The van der Waals surface area contributed by atoms with Gasteiger partial charge in [0.1, 0.15) is 0 Å². The van der Waals surface area contributed by atoms with Gasteiger partial charge in [-0.3, -0.25) is 9.59 Å². The van der Waals surface area contributed by atoms with Crippen LogP contribution >= 0.6 is 23.1 Å². The molecule has 0 aliphatic heterocycles. The highest BCUT2D eigenvalue weighted by Crippen LogP contribution is 2.25. The lowest BCUT2D eigenvalue weighted by molar-refractivity contribution is -0.113. The fourth-order valence-corrected chi connectivity index (χ4v) is 4.30. The number of amides is 2. The Morgan fingerprint density at radius 2 is 1.87 bits per heavy atom. The largest absolute Gasteiger partial charge is 0.342 e. The molecule has 0 aliphatic carbocycles. The maximum atomic E-state index is 12.7. The lowest BCUT2D eigenvalue weighted by Crippen LogP contribution is -2.33. The molecule has 1 aromatic carbocycles. The highest BCUT2D eigenvalue weighted by atomic mass is 32.2. The van der Waals surface area contributed by atoms with E-state index in [0.717, 1.165) is 11.3 Å². The monoisotopic (exact) mass is 458 g/mol. The first-order chi connectivity index (χ1) is 14.7. The SMILES string of the molecule is Cc1ccc(C(=O)N[C@H](c2nnc(SCC(=O)Nc3nc(C)cs3)n2C)C(C)C)cc1. The van der Waals surface area contributed by atoms with Crippen LogP contribution in [0.1, 0.15) is 47.3 Å². The molecule has 2 aromatic heterocycles. The highest BCUT2D eigenvalue weighted by molar-refractivity contribution is 7.99. The number of benzene rings is 1. The summed E-state index contributed by atoms with van der Waals surface area (Å²) in [6.45, 7) is 7.90. The van der Waals surface area contributed by atoms with Crippen molar-refractivity contribution in [2.75, 3.05) is 11.1 Å². The van der Waals surface area contributed by atoms with Gasteiger partial charge in [-0.2, -0.15) is 0 Å². The summed E-state index contributed by atoms with van der Waals surface area (Å²) < 4.78 is 1.82. The topological polar surface area (TPSA) is 102 Å². The Balaban J connectivity index is 1.66. The lowest BCUT2D eigenvalue weighted by Gasteiger charge is -2.21. The Hall–Kier alpha value is -2.72. The Morgan fingerprint density at radius 1 is 1.16 bits per heavy atom. The van der Waals surface area contributed by atoms with Crippen molar-refractivity contribution >= 4 is 40.0 Å². The highest BCUT2D eigenvalue weighted by Gasteiger charge is 2.25. The third-order valence-electron chi connectivity index (χ3n) is 4.61. The second-order valence-electron chi connectivity index (χ2n) is 7.59. The molecular weight excluding hydrogens is 432 g/mol. The normalized spacial score (nSPS) is 12.1. The first kappa shape index (κ1) is 23.0. The fourth-order valence-electron chi connectivity index (χ4n) is 2.88. The van der Waals surface area contributed by atoms with Gasteiger partial charge in [0.25, 0.3) is 5.91 Å². The minimum atomic E-state index is -0.312. The molecule has 0 saturated heterocycles. The first-order valence-electron chi connectivity index (χ1n) is 9.86. The van der Waals surface area contributed by atoms with Crippen LogP contribution in [0.3, 0.4) is 0 Å². The molecular formula is C21H26N6O2S2. The fraction of sp³-hybridized carbons (Fsp3) is 0.381. The quantitative estimate of drug-likeness (QED) is 0.499. The molecule has 0 bridgehead atoms. The second kappa shape index (κ2) is 10.1. The number of hydrogen-bond acceptors (Lipinski definition) is 7. The van der Waals surface area contributed by atoms with Crippen molar-refractivity contribution in [3.63, 3.8) is 0 Å². The summed E-state index contributed by atoms with van der Waals surface area (Å²) in [6, 6.07) is 7.13. The van der Waals surface area contributed by atoms with Crippen LogP contribution in [-0.2, 0) is 11.8 Å². The van der Waals surface area contributed by atoms with Gasteiger partial charge < -0.3 is 15.2 Å². The zero-order valence-corrected chi connectivity index (χ0v) is 19.8. The van der Waals surface area contributed by atoms with Gasteiger partial charge in [-0.25, -0.2) is 4.98 Å². The van der Waals surface area contributed by atoms with Crippen molar-refractivity contribution in [3.8, 4) is 0 Å². The van der Waals surface area contributed by atoms with Crippen molar-refractivity contribution in [1.29, 1.82) is 0 Å². The molecule has 2 heterocycles. The maximum absolute atomic E-state index is 12.7. The minimum Gasteiger partial charge on any atom is -0.342 e. The standard InChI is InChI=1S/C21H26N6O2S2/c1-12(2)17(24-19(29)15-8-6-13(3)7-9-15)18-25-26-21(27(18)5)31-11-16(28)23-20-22-14(4)10-30-20/h6-10,12,17H,11H2,1-5H3,(H,24,29)(H,22,23,28)/t17-/m0/s1. The van der Waals surface area contributed by atoms with Crippen molar-refractivity contribution in [1.82, 2.24) is 25.1 Å². The molecule has 2 N–H and O–H groups in total. The number of aryl methyl sites for hydroxylation is 2. The Bertz CT molecular complexity index is 1060. The molecule has 0 aliphatic rings. The predicted molar refractivity (Wildman–Crippen MR) is 123 cm³/mol. The van der Waals surface area contributed by atoms with E-state index in [1.807, 2.05) is 69.0 Å². The summed E-state index contributed by atoms with van der Waals surface area (Å²) in [5.41, 5.74) is 2.57. The van der Waals surface area contributed by atoms with Crippen LogP contribution < -0.4 is 10.6 Å². The molecule has 8 nitrogen and oxygen atoms in total. The predicted octanol–water partition coefficient (Wildman–Crippen LogP) is 3.75. The third-order valence-corrected chi connectivity index (χ3v) is 6.51. The van der Waals surface area contributed by atoms with Gasteiger partial charge in [0.2, 0.25) is 5.91 Å². The van der Waals surface area contributed by atoms with Crippen LogP contribution in [0.2, 0.25) is 0 Å². The number of thiazole rings is 1. The zero-order valence-electron chi connectivity index (χ0n) is 18.2. The van der Waals surface area contributed by atoms with Gasteiger partial charge >= 0.3 is 0 Å². The number of anilines is 1. The molecule has 3 rings (SSSR count). The van der Waals surface area contributed by atoms with Crippen molar-refractivity contribution in [2.45, 2.75) is 38.9 Å². The number of nitrogens with zero attached hydrogens (tertiary/aromatic N) is 4. The van der Waals surface area contributed by atoms with E-state index in [9.17, 15) is 9.59 Å². The average Bonchev–Trinajstić information content (AvgIpc) is 3.29. The van der Waals surface area contributed by atoms with E-state index in [4.69, 9.17) is 0 Å². The lowest BCUT2D eigenvalue weighted by atomic mass is 10.0. The smallest absolute Gasteiger partial charge is 0.251 e. The maximum Gasteiger partial charge on any atom is 0.251 e. The summed E-state index contributed by atoms with van der Waals surface area (Å²) in [5, 5.41) is 17.4. The average molecular weight is 459 g/mol. The van der Waals surface area contributed by atoms with E-state index in [-0.39, 0.29) is 29.5 Å². The molecule has 164 valence electrons. The van der Waals surface area contributed by atoms with Crippen molar-refractivity contribution in [3.05, 3.63) is 52.3 Å². The van der Waals surface area contributed by atoms with Gasteiger partial charge in [0, 0.05) is 18.0 Å². The van der Waals surface area contributed by atoms with Crippen molar-refractivity contribution in [2.24, 2.45) is 13.0 Å². The van der Waals surface area contributed by atoms with E-state index in [1.165, 1.54) is 23.1 Å². The number of nitrogens with one attached hydrogen (secondary N) is 2. The number of carbonyl (C=O) groups is 2. The zero-order chi connectivity index (χ0) is 22.5. The first-order valence-corrected chi connectivity index (χ1v) is 11.7. The van der Waals surface area contributed by atoms with Gasteiger partial charge in [-0.05, 0) is 31.9 Å². The number of thioether (sulfide) groups is 1. The summed E-state index contributed by atoms with van der Waals surface area (Å²) in [4.78, 5) is 29.2. The molecule has 0 fully saturated rings. The van der Waals surface area contributed by atoms with Gasteiger partial charge in [0.05, 0.1) is 17.5 Å². The summed E-state index contributed by atoms with van der Waals surface area (Å²) in [6.07, 6.45) is 0. The molecule has 0 unspecified atom stereocenters. The van der Waals surface area contributed by atoms with Crippen LogP contribution in [0.5, 0.6) is 0 Å². The molecule has 0 spiro atoms. The van der Waals surface area contributed by atoms with E-state index >= 15 is 0 Å². The van der Waals surface area contributed by atoms with Crippen LogP contribution in [0.25, 0.3) is 0 Å². The van der Waals surface area contributed by atoms with E-state index in [2.05, 4.69) is 25.8 Å². The van der Waals surface area contributed by atoms with E-state index in [1.54, 1.807) is 0 Å². The molecule has 1 atom stereocenters. The van der Waals surface area contributed by atoms with E-state index in [0.29, 0.717) is 21.7 Å². The minimum absolute atomic E-state index is 0.103. The van der Waals surface area contributed by atoms with Gasteiger partial charge in [-0.1, -0.05) is 43.3 Å². The van der Waals surface area contributed by atoms with Crippen molar-refractivity contribution < 1.29 is 9.59 Å². The van der Waals surface area contributed by atoms with Gasteiger partial charge in [0.15, 0.2) is 16.1 Å². The summed E-state index contributed by atoms with van der Waals surface area (Å²) in [7, 11) is 1.84. The number of hydrogen-bond donors (Lipinski definition) is 2. The summed E-state index contributed by atoms with van der Waals surface area (Å²) in [5.74, 6) is 0.624. The molecule has 0 saturated carbocycles. The Kier molecular flexibility index (Phi) is 7.45. The Morgan fingerprint density at radius 3 is 2.48 bits per heavy atom. The van der Waals surface area contributed by atoms with Crippen LogP contribution in [0, 0.1) is 19.8 Å². The molecule has 0 radical (unpaired) electrons. The van der Waals surface area contributed by atoms with Crippen LogP contribution in [-0.4, -0.2) is 37.3 Å². The summed E-state index contributed by atoms with van der Waals surface area (Å²) >= 11 is 2.68. The number of carbonyl (C=O) groups excluding carboxylic acids is 2. The Labute approximate surface area is 189 Å².